The monoisotopic (exact) mass is 454 g/mol. The van der Waals surface area contributed by atoms with E-state index >= 15 is 0 Å². The molecule has 2 aromatic rings. The summed E-state index contributed by atoms with van der Waals surface area (Å²) >= 11 is 0. The number of benzene rings is 2. The Bertz CT molecular complexity index is 1020. The Balaban J connectivity index is 1.65. The molecule has 3 rings (SSSR count). The zero-order valence-corrected chi connectivity index (χ0v) is 18.2. The van der Waals surface area contributed by atoms with Gasteiger partial charge < -0.3 is 4.90 Å². The van der Waals surface area contributed by atoms with Crippen molar-refractivity contribution < 1.29 is 26.4 Å². The molecule has 0 aromatic heterocycles. The third-order valence-electron chi connectivity index (χ3n) is 5.81. The molecule has 1 aliphatic rings. The van der Waals surface area contributed by atoms with E-state index in [1.807, 2.05) is 0 Å². The molecule has 1 fully saturated rings. The van der Waals surface area contributed by atoms with Crippen molar-refractivity contribution in [1.82, 2.24) is 9.21 Å². The van der Waals surface area contributed by atoms with Gasteiger partial charge in [0.25, 0.3) is 0 Å². The van der Waals surface area contributed by atoms with Gasteiger partial charge in [0.15, 0.2) is 0 Å². The summed E-state index contributed by atoms with van der Waals surface area (Å²) in [4.78, 5) is 14.6. The van der Waals surface area contributed by atoms with E-state index in [2.05, 4.69) is 0 Å². The van der Waals surface area contributed by atoms with Crippen LogP contribution in [0.4, 0.5) is 13.2 Å². The van der Waals surface area contributed by atoms with E-state index in [9.17, 15) is 26.4 Å². The first-order valence-electron chi connectivity index (χ1n) is 10.0. The molecule has 0 N–H and O–H groups in total. The van der Waals surface area contributed by atoms with Crippen molar-refractivity contribution in [2.24, 2.45) is 5.92 Å². The lowest BCUT2D eigenvalue weighted by Crippen LogP contribution is -2.44. The van der Waals surface area contributed by atoms with Crippen molar-refractivity contribution in [2.45, 2.75) is 36.9 Å². The van der Waals surface area contributed by atoms with Crippen molar-refractivity contribution in [3.63, 3.8) is 0 Å². The second kappa shape index (κ2) is 9.00. The predicted octanol–water partition coefficient (Wildman–Crippen LogP) is 4.33. The number of halogens is 3. The molecule has 31 heavy (non-hydrogen) atoms. The highest BCUT2D eigenvalue weighted by Gasteiger charge is 2.35. The Hall–Kier alpha value is -2.39. The number of alkyl halides is 3. The summed E-state index contributed by atoms with van der Waals surface area (Å²) in [6, 6.07) is 12.6. The summed E-state index contributed by atoms with van der Waals surface area (Å²) in [6.07, 6.45) is -3.72. The van der Waals surface area contributed by atoms with Crippen molar-refractivity contribution in [1.29, 1.82) is 0 Å². The van der Waals surface area contributed by atoms with Gasteiger partial charge in [0.2, 0.25) is 15.9 Å². The lowest BCUT2D eigenvalue weighted by Gasteiger charge is -2.34. The quantitative estimate of drug-likeness (QED) is 0.676. The largest absolute Gasteiger partial charge is 0.416 e. The summed E-state index contributed by atoms with van der Waals surface area (Å²) in [5.74, 6) is -0.567. The van der Waals surface area contributed by atoms with Crippen LogP contribution in [0.25, 0.3) is 0 Å². The first kappa shape index (κ1) is 23.3. The molecule has 1 atom stereocenters. The van der Waals surface area contributed by atoms with Gasteiger partial charge in [-0.15, -0.1) is 0 Å². The third-order valence-corrected chi connectivity index (χ3v) is 7.72. The number of nitrogens with zero attached hydrogens (tertiary/aromatic N) is 2. The molecule has 1 aliphatic heterocycles. The first-order chi connectivity index (χ1) is 14.5. The fraction of sp³-hybridized carbons (Fsp3) is 0.409. The first-order valence-corrected chi connectivity index (χ1v) is 11.4. The van der Waals surface area contributed by atoms with Gasteiger partial charge in [-0.3, -0.25) is 4.79 Å². The van der Waals surface area contributed by atoms with Crippen molar-refractivity contribution >= 4 is 15.9 Å². The van der Waals surface area contributed by atoms with Gasteiger partial charge in [0.05, 0.1) is 16.5 Å². The molecule has 0 bridgehead atoms. The predicted molar refractivity (Wildman–Crippen MR) is 111 cm³/mol. The van der Waals surface area contributed by atoms with E-state index in [1.54, 1.807) is 38.2 Å². The average Bonchev–Trinajstić information content (AvgIpc) is 2.77. The van der Waals surface area contributed by atoms with Crippen LogP contribution in [0.5, 0.6) is 0 Å². The standard InChI is InChI=1S/C22H25F3N2O3S/c1-16(18-7-6-8-19(15-18)22(23,24)25)26(2)21(28)17-11-13-27(14-12-17)31(29,30)20-9-4-3-5-10-20/h3-10,15-17H,11-14H2,1-2H3. The Kier molecular flexibility index (Phi) is 6.76. The van der Waals surface area contributed by atoms with Crippen molar-refractivity contribution in [3.05, 3.63) is 65.7 Å². The number of rotatable bonds is 5. The molecule has 1 saturated heterocycles. The van der Waals surface area contributed by atoms with Gasteiger partial charge in [-0.25, -0.2) is 8.42 Å². The fourth-order valence-electron chi connectivity index (χ4n) is 3.76. The van der Waals surface area contributed by atoms with E-state index in [-0.39, 0.29) is 29.8 Å². The Morgan fingerprint density at radius 1 is 1.06 bits per heavy atom. The zero-order chi connectivity index (χ0) is 22.8. The van der Waals surface area contributed by atoms with Gasteiger partial charge >= 0.3 is 6.18 Å². The van der Waals surface area contributed by atoms with E-state index < -0.39 is 27.8 Å². The van der Waals surface area contributed by atoms with Crippen LogP contribution < -0.4 is 0 Å². The zero-order valence-electron chi connectivity index (χ0n) is 17.3. The molecule has 168 valence electrons. The summed E-state index contributed by atoms with van der Waals surface area (Å²) < 4.78 is 65.9. The number of amides is 1. The molecule has 5 nitrogen and oxygen atoms in total. The second-order valence-corrected chi connectivity index (χ2v) is 9.68. The van der Waals surface area contributed by atoms with E-state index in [1.165, 1.54) is 27.4 Å². The molecule has 0 aliphatic carbocycles. The van der Waals surface area contributed by atoms with Gasteiger partial charge in [-0.2, -0.15) is 17.5 Å². The molecular formula is C22H25F3N2O3S. The molecular weight excluding hydrogens is 429 g/mol. The molecule has 0 spiro atoms. The van der Waals surface area contributed by atoms with E-state index in [4.69, 9.17) is 0 Å². The average molecular weight is 455 g/mol. The minimum Gasteiger partial charge on any atom is -0.339 e. The maximum Gasteiger partial charge on any atom is 0.416 e. The van der Waals surface area contributed by atoms with Gasteiger partial charge in [-0.05, 0) is 49.6 Å². The number of sulfonamides is 1. The Morgan fingerprint density at radius 2 is 1.68 bits per heavy atom. The Labute approximate surface area is 180 Å². The van der Waals surface area contributed by atoms with Crippen molar-refractivity contribution in [2.75, 3.05) is 20.1 Å². The summed E-state index contributed by atoms with van der Waals surface area (Å²) in [5.41, 5.74) is -0.355. The molecule has 1 amide bonds. The molecule has 0 saturated carbocycles. The maximum absolute atomic E-state index is 13.0. The minimum atomic E-state index is -4.45. The van der Waals surface area contributed by atoms with Gasteiger partial charge in [0, 0.05) is 26.1 Å². The Morgan fingerprint density at radius 3 is 2.26 bits per heavy atom. The van der Waals surface area contributed by atoms with Crippen LogP contribution in [0.15, 0.2) is 59.5 Å². The lowest BCUT2D eigenvalue weighted by atomic mass is 9.95. The number of piperidine rings is 1. The summed E-state index contributed by atoms with van der Waals surface area (Å²) in [5, 5.41) is 0. The summed E-state index contributed by atoms with van der Waals surface area (Å²) in [7, 11) is -2.04. The van der Waals surface area contributed by atoms with Crippen LogP contribution in [0.3, 0.4) is 0 Å². The highest BCUT2D eigenvalue weighted by atomic mass is 32.2. The minimum absolute atomic E-state index is 0.193. The third kappa shape index (κ3) is 5.10. The fourth-order valence-corrected chi connectivity index (χ4v) is 5.25. The van der Waals surface area contributed by atoms with Gasteiger partial charge in [-0.1, -0.05) is 30.3 Å². The number of carbonyl (C=O) groups excluding carboxylic acids is 1. The normalized spacial score (nSPS) is 17.3. The van der Waals surface area contributed by atoms with E-state index in [0.29, 0.717) is 18.4 Å². The van der Waals surface area contributed by atoms with Crippen LogP contribution in [0.2, 0.25) is 0 Å². The summed E-state index contributed by atoms with van der Waals surface area (Å²) in [6.45, 7) is 2.13. The maximum atomic E-state index is 13.0. The second-order valence-electron chi connectivity index (χ2n) is 7.74. The lowest BCUT2D eigenvalue weighted by molar-refractivity contribution is -0.137. The van der Waals surface area contributed by atoms with E-state index in [0.717, 1.165) is 12.1 Å². The SMILES string of the molecule is CC(c1cccc(C(F)(F)F)c1)N(C)C(=O)C1CCN(S(=O)(=O)c2ccccc2)CC1. The highest BCUT2D eigenvalue weighted by molar-refractivity contribution is 7.89. The smallest absolute Gasteiger partial charge is 0.339 e. The van der Waals surface area contributed by atoms with Crippen LogP contribution >= 0.6 is 0 Å². The van der Waals surface area contributed by atoms with Crippen LogP contribution in [0, 0.1) is 5.92 Å². The number of carbonyl (C=O) groups is 1. The topological polar surface area (TPSA) is 57.7 Å². The molecule has 1 unspecified atom stereocenters. The van der Waals surface area contributed by atoms with Crippen molar-refractivity contribution in [3.8, 4) is 0 Å². The van der Waals surface area contributed by atoms with Crippen LogP contribution in [0.1, 0.15) is 36.9 Å². The molecule has 2 aromatic carbocycles. The number of hydrogen-bond donors (Lipinski definition) is 0. The van der Waals surface area contributed by atoms with Crippen LogP contribution in [-0.4, -0.2) is 43.7 Å². The number of hydrogen-bond acceptors (Lipinski definition) is 3. The van der Waals surface area contributed by atoms with Gasteiger partial charge in [0.1, 0.15) is 0 Å². The molecule has 9 heteroatoms. The molecule has 1 heterocycles. The highest BCUT2D eigenvalue weighted by Crippen LogP contribution is 2.32. The molecule has 0 radical (unpaired) electrons. The van der Waals surface area contributed by atoms with Crippen LogP contribution in [-0.2, 0) is 21.0 Å².